The topological polar surface area (TPSA) is 58.6 Å². The summed E-state index contributed by atoms with van der Waals surface area (Å²) < 4.78 is 5.25. The average molecular weight is 397 g/mol. The summed E-state index contributed by atoms with van der Waals surface area (Å²) in [6.07, 6.45) is 10.6. The van der Waals surface area contributed by atoms with Crippen LogP contribution in [0.1, 0.15) is 48.9 Å². The number of hydrogen-bond donors (Lipinski definition) is 0. The molecule has 0 spiro atoms. The molecule has 1 aromatic carbocycles. The number of carbonyl (C=O) groups is 1. The number of carbonyl (C=O) groups excluding carboxylic acids is 1. The minimum absolute atomic E-state index is 0.0987. The van der Waals surface area contributed by atoms with Crippen molar-refractivity contribution < 1.29 is 9.53 Å². The van der Waals surface area contributed by atoms with E-state index < -0.39 is 0 Å². The molecule has 3 heterocycles. The van der Waals surface area contributed by atoms with Crippen molar-refractivity contribution in [2.45, 2.75) is 44.6 Å². The summed E-state index contributed by atoms with van der Waals surface area (Å²) in [7, 11) is 1.72. The first-order valence-corrected chi connectivity index (χ1v) is 11.0. The molecule has 156 valence electrons. The Morgan fingerprint density at radius 1 is 1.14 bits per heavy atom. The van der Waals surface area contributed by atoms with Gasteiger partial charge in [-0.15, -0.1) is 0 Å². The monoisotopic (exact) mass is 396 g/mol. The first-order chi connectivity index (χ1) is 14.3. The van der Waals surface area contributed by atoms with Crippen molar-refractivity contribution in [3.05, 3.63) is 36.2 Å². The van der Waals surface area contributed by atoms with E-state index in [2.05, 4.69) is 19.8 Å². The minimum atomic E-state index is 0.0987. The Morgan fingerprint density at radius 2 is 1.97 bits per heavy atom. The predicted octanol–water partition coefficient (Wildman–Crippen LogP) is 3.37. The van der Waals surface area contributed by atoms with Gasteiger partial charge in [0.2, 0.25) is 0 Å². The van der Waals surface area contributed by atoms with Crippen LogP contribution in [-0.2, 0) is 4.74 Å². The predicted molar refractivity (Wildman–Crippen MR) is 114 cm³/mol. The van der Waals surface area contributed by atoms with Gasteiger partial charge in [-0.05, 0) is 69.3 Å². The summed E-state index contributed by atoms with van der Waals surface area (Å²) in [5.74, 6) is 0.664. The quantitative estimate of drug-likeness (QED) is 0.672. The molecule has 2 fully saturated rings. The molecule has 0 aliphatic carbocycles. The van der Waals surface area contributed by atoms with Crippen LogP contribution < -0.4 is 0 Å². The third-order valence-electron chi connectivity index (χ3n) is 6.46. The third kappa shape index (κ3) is 4.75. The third-order valence-corrected chi connectivity index (χ3v) is 6.46. The summed E-state index contributed by atoms with van der Waals surface area (Å²) in [5, 5.41) is 0. The Balaban J connectivity index is 1.52. The van der Waals surface area contributed by atoms with Crippen LogP contribution in [0.2, 0.25) is 0 Å². The molecule has 1 aromatic heterocycles. The zero-order chi connectivity index (χ0) is 20.1. The Kier molecular flexibility index (Phi) is 6.72. The summed E-state index contributed by atoms with van der Waals surface area (Å²) in [6.45, 7) is 4.69. The molecule has 29 heavy (non-hydrogen) atoms. The van der Waals surface area contributed by atoms with E-state index in [1.165, 1.54) is 45.2 Å². The van der Waals surface area contributed by atoms with Crippen molar-refractivity contribution in [1.29, 1.82) is 0 Å². The Bertz CT molecular complexity index is 825. The van der Waals surface area contributed by atoms with Crippen LogP contribution in [0.3, 0.4) is 0 Å². The fourth-order valence-electron chi connectivity index (χ4n) is 5.03. The van der Waals surface area contributed by atoms with E-state index in [-0.39, 0.29) is 5.91 Å². The van der Waals surface area contributed by atoms with Gasteiger partial charge in [0.15, 0.2) is 0 Å². The van der Waals surface area contributed by atoms with Crippen LogP contribution in [0.25, 0.3) is 11.0 Å². The van der Waals surface area contributed by atoms with Gasteiger partial charge in [-0.1, -0.05) is 6.42 Å². The number of rotatable bonds is 7. The van der Waals surface area contributed by atoms with E-state index in [1.807, 2.05) is 18.2 Å². The highest BCUT2D eigenvalue weighted by molar-refractivity contribution is 5.97. The molecule has 0 radical (unpaired) electrons. The summed E-state index contributed by atoms with van der Waals surface area (Å²) in [6, 6.07) is 6.29. The lowest BCUT2D eigenvalue weighted by Crippen LogP contribution is -2.51. The van der Waals surface area contributed by atoms with Gasteiger partial charge < -0.3 is 14.5 Å². The second-order valence-electron chi connectivity index (χ2n) is 8.36. The number of benzene rings is 1. The van der Waals surface area contributed by atoms with Crippen molar-refractivity contribution in [3.63, 3.8) is 0 Å². The standard InChI is InChI=1S/C23H32N4O2/c1-29-15-5-14-27(17-19-6-4-13-26-12-3-2-7-22(19)26)23(28)18-8-9-20-21(16-18)25-11-10-24-20/h8-11,16,19,22H,2-7,12-15,17H2,1H3/t19-,22+/m0/s1. The van der Waals surface area contributed by atoms with E-state index in [1.54, 1.807) is 19.5 Å². The fraction of sp³-hybridized carbons (Fsp3) is 0.609. The van der Waals surface area contributed by atoms with Crippen LogP contribution >= 0.6 is 0 Å². The molecule has 2 aliphatic heterocycles. The molecular formula is C23H32N4O2. The highest BCUT2D eigenvalue weighted by atomic mass is 16.5. The number of methoxy groups -OCH3 is 1. The first kappa shape index (κ1) is 20.2. The molecule has 1 amide bonds. The van der Waals surface area contributed by atoms with E-state index >= 15 is 0 Å². The van der Waals surface area contributed by atoms with E-state index in [4.69, 9.17) is 4.74 Å². The second kappa shape index (κ2) is 9.63. The van der Waals surface area contributed by atoms with Gasteiger partial charge in [0.25, 0.3) is 5.91 Å². The van der Waals surface area contributed by atoms with Crippen LogP contribution in [0.15, 0.2) is 30.6 Å². The van der Waals surface area contributed by atoms with Gasteiger partial charge in [-0.3, -0.25) is 14.8 Å². The normalized spacial score (nSPS) is 22.4. The SMILES string of the molecule is COCCCN(C[C@@H]1CCCN2CCCC[C@H]12)C(=O)c1ccc2nccnc2c1. The van der Waals surface area contributed by atoms with Gasteiger partial charge in [0.1, 0.15) is 0 Å². The molecule has 0 N–H and O–H groups in total. The smallest absolute Gasteiger partial charge is 0.253 e. The maximum atomic E-state index is 13.4. The van der Waals surface area contributed by atoms with Gasteiger partial charge in [-0.2, -0.15) is 0 Å². The van der Waals surface area contributed by atoms with Crippen molar-refractivity contribution in [1.82, 2.24) is 19.8 Å². The zero-order valence-corrected chi connectivity index (χ0v) is 17.4. The molecule has 4 rings (SSSR count). The van der Waals surface area contributed by atoms with Gasteiger partial charge in [0.05, 0.1) is 11.0 Å². The number of ether oxygens (including phenoxy) is 1. The maximum Gasteiger partial charge on any atom is 0.253 e. The van der Waals surface area contributed by atoms with Gasteiger partial charge in [0, 0.05) is 50.8 Å². The summed E-state index contributed by atoms with van der Waals surface area (Å²) in [4.78, 5) is 26.8. The highest BCUT2D eigenvalue weighted by Crippen LogP contribution is 2.31. The molecule has 2 atom stereocenters. The van der Waals surface area contributed by atoms with Crippen LogP contribution in [0, 0.1) is 5.92 Å². The largest absolute Gasteiger partial charge is 0.385 e. The van der Waals surface area contributed by atoms with Crippen LogP contribution in [0.5, 0.6) is 0 Å². The molecule has 6 heteroatoms. The van der Waals surface area contributed by atoms with Crippen molar-refractivity contribution in [2.24, 2.45) is 5.92 Å². The second-order valence-corrected chi connectivity index (χ2v) is 8.36. The number of hydrogen-bond acceptors (Lipinski definition) is 5. The van der Waals surface area contributed by atoms with Gasteiger partial charge >= 0.3 is 0 Å². The molecule has 0 bridgehead atoms. The molecule has 2 aliphatic rings. The molecule has 2 aromatic rings. The van der Waals surface area contributed by atoms with Crippen molar-refractivity contribution in [3.8, 4) is 0 Å². The lowest BCUT2D eigenvalue weighted by atomic mass is 9.83. The molecule has 6 nitrogen and oxygen atoms in total. The summed E-state index contributed by atoms with van der Waals surface area (Å²) in [5.41, 5.74) is 2.29. The molecule has 0 unspecified atom stereocenters. The van der Waals surface area contributed by atoms with Crippen molar-refractivity contribution in [2.75, 3.05) is 39.9 Å². The number of aromatic nitrogens is 2. The number of fused-ring (bicyclic) bond motifs is 2. The van der Waals surface area contributed by atoms with Crippen LogP contribution in [-0.4, -0.2) is 71.6 Å². The van der Waals surface area contributed by atoms with E-state index in [0.29, 0.717) is 24.1 Å². The fourth-order valence-corrected chi connectivity index (χ4v) is 5.03. The Morgan fingerprint density at radius 3 is 2.83 bits per heavy atom. The number of amides is 1. The maximum absolute atomic E-state index is 13.4. The number of nitrogens with zero attached hydrogens (tertiary/aromatic N) is 4. The van der Waals surface area contributed by atoms with Gasteiger partial charge in [-0.25, -0.2) is 0 Å². The molecular weight excluding hydrogens is 364 g/mol. The molecule has 0 saturated carbocycles. The highest BCUT2D eigenvalue weighted by Gasteiger charge is 2.34. The Hall–Kier alpha value is -2.05. The average Bonchev–Trinajstić information content (AvgIpc) is 2.78. The lowest BCUT2D eigenvalue weighted by Gasteiger charge is -2.45. The van der Waals surface area contributed by atoms with E-state index in [9.17, 15) is 4.79 Å². The lowest BCUT2D eigenvalue weighted by molar-refractivity contribution is 0.0347. The molecule has 2 saturated heterocycles. The Labute approximate surface area is 173 Å². The first-order valence-electron chi connectivity index (χ1n) is 11.0. The summed E-state index contributed by atoms with van der Waals surface area (Å²) >= 11 is 0. The zero-order valence-electron chi connectivity index (χ0n) is 17.4. The van der Waals surface area contributed by atoms with E-state index in [0.717, 1.165) is 30.5 Å². The number of piperidine rings is 2. The minimum Gasteiger partial charge on any atom is -0.385 e. The van der Waals surface area contributed by atoms with Crippen LogP contribution in [0.4, 0.5) is 0 Å². The van der Waals surface area contributed by atoms with Crippen molar-refractivity contribution >= 4 is 16.9 Å².